The number of amides is 1. The molecule has 0 aliphatic heterocycles. The van der Waals surface area contributed by atoms with Gasteiger partial charge in [-0.1, -0.05) is 64.7 Å². The van der Waals surface area contributed by atoms with Crippen LogP contribution >= 0.6 is 0 Å². The fourth-order valence-electron chi connectivity index (χ4n) is 3.07. The standard InChI is InChI=1S/C18H36N2O/c1-3-4-5-6-7-8-9-12-15-19-16(2)18(21)20-17-13-10-11-14-17/h16-17,19H,3-15H2,1-2H3,(H,20,21). The number of carbonyl (C=O) groups excluding carboxylic acids is 1. The first-order valence-electron chi connectivity index (χ1n) is 9.27. The van der Waals surface area contributed by atoms with Crippen molar-refractivity contribution in [1.82, 2.24) is 10.6 Å². The van der Waals surface area contributed by atoms with Crippen LogP contribution in [0.2, 0.25) is 0 Å². The van der Waals surface area contributed by atoms with Crippen molar-refractivity contribution in [2.24, 2.45) is 0 Å². The van der Waals surface area contributed by atoms with Gasteiger partial charge in [0.15, 0.2) is 0 Å². The number of hydrogen-bond donors (Lipinski definition) is 2. The third-order valence-corrected chi connectivity index (χ3v) is 4.58. The van der Waals surface area contributed by atoms with Gasteiger partial charge in [0.25, 0.3) is 0 Å². The average molecular weight is 296 g/mol. The monoisotopic (exact) mass is 296 g/mol. The predicted octanol–water partition coefficient (Wildman–Crippen LogP) is 4.16. The molecule has 1 unspecified atom stereocenters. The second kappa shape index (κ2) is 12.0. The molecule has 1 fully saturated rings. The Morgan fingerprint density at radius 2 is 1.57 bits per heavy atom. The molecule has 0 bridgehead atoms. The van der Waals surface area contributed by atoms with Gasteiger partial charge >= 0.3 is 0 Å². The fraction of sp³-hybridized carbons (Fsp3) is 0.944. The van der Waals surface area contributed by atoms with Crippen molar-refractivity contribution in [2.45, 2.75) is 103 Å². The topological polar surface area (TPSA) is 41.1 Å². The highest BCUT2D eigenvalue weighted by Crippen LogP contribution is 2.17. The molecule has 1 aliphatic carbocycles. The van der Waals surface area contributed by atoms with E-state index in [4.69, 9.17) is 0 Å². The second-order valence-electron chi connectivity index (χ2n) is 6.64. The van der Waals surface area contributed by atoms with Gasteiger partial charge in [-0.3, -0.25) is 4.79 Å². The van der Waals surface area contributed by atoms with Crippen molar-refractivity contribution in [3.8, 4) is 0 Å². The van der Waals surface area contributed by atoms with E-state index in [1.165, 1.54) is 64.2 Å². The molecule has 1 atom stereocenters. The van der Waals surface area contributed by atoms with Crippen LogP contribution in [0.15, 0.2) is 0 Å². The van der Waals surface area contributed by atoms with Crippen LogP contribution in [0, 0.1) is 0 Å². The van der Waals surface area contributed by atoms with E-state index in [-0.39, 0.29) is 11.9 Å². The van der Waals surface area contributed by atoms with E-state index in [1.807, 2.05) is 6.92 Å². The first kappa shape index (κ1) is 18.5. The van der Waals surface area contributed by atoms with Crippen LogP contribution in [0.4, 0.5) is 0 Å². The van der Waals surface area contributed by atoms with Gasteiger partial charge < -0.3 is 10.6 Å². The summed E-state index contributed by atoms with van der Waals surface area (Å²) in [5, 5.41) is 6.51. The Morgan fingerprint density at radius 1 is 1.00 bits per heavy atom. The number of carbonyl (C=O) groups is 1. The van der Waals surface area contributed by atoms with Gasteiger partial charge in [0, 0.05) is 6.04 Å². The quantitative estimate of drug-likeness (QED) is 0.531. The smallest absolute Gasteiger partial charge is 0.237 e. The molecule has 0 radical (unpaired) electrons. The highest BCUT2D eigenvalue weighted by molar-refractivity contribution is 5.81. The van der Waals surface area contributed by atoms with Crippen molar-refractivity contribution in [3.05, 3.63) is 0 Å². The lowest BCUT2D eigenvalue weighted by Crippen LogP contribution is -2.45. The number of rotatable bonds is 12. The lowest BCUT2D eigenvalue weighted by Gasteiger charge is -2.17. The van der Waals surface area contributed by atoms with Gasteiger partial charge in [-0.05, 0) is 32.7 Å². The summed E-state index contributed by atoms with van der Waals surface area (Å²) in [5.74, 6) is 0.182. The maximum atomic E-state index is 12.0. The van der Waals surface area contributed by atoms with Crippen LogP contribution in [0.5, 0.6) is 0 Å². The molecule has 3 heteroatoms. The van der Waals surface area contributed by atoms with Gasteiger partial charge in [-0.15, -0.1) is 0 Å². The number of nitrogens with one attached hydrogen (secondary N) is 2. The van der Waals surface area contributed by atoms with Crippen molar-refractivity contribution >= 4 is 5.91 Å². The van der Waals surface area contributed by atoms with E-state index in [0.717, 1.165) is 19.4 Å². The van der Waals surface area contributed by atoms with E-state index in [0.29, 0.717) is 6.04 Å². The van der Waals surface area contributed by atoms with Crippen LogP contribution in [-0.4, -0.2) is 24.5 Å². The first-order chi connectivity index (χ1) is 10.2. The zero-order valence-corrected chi connectivity index (χ0v) is 14.3. The SMILES string of the molecule is CCCCCCCCCCNC(C)C(=O)NC1CCCC1. The molecule has 2 N–H and O–H groups in total. The molecule has 1 amide bonds. The second-order valence-corrected chi connectivity index (χ2v) is 6.64. The molecule has 21 heavy (non-hydrogen) atoms. The Balaban J connectivity index is 1.90. The largest absolute Gasteiger partial charge is 0.352 e. The van der Waals surface area contributed by atoms with E-state index in [1.54, 1.807) is 0 Å². The molecule has 3 nitrogen and oxygen atoms in total. The highest BCUT2D eigenvalue weighted by Gasteiger charge is 2.19. The summed E-state index contributed by atoms with van der Waals surface area (Å²) < 4.78 is 0. The minimum atomic E-state index is -0.0462. The molecule has 1 saturated carbocycles. The Labute approximate surface area is 131 Å². The first-order valence-corrected chi connectivity index (χ1v) is 9.27. The molecule has 1 rings (SSSR count). The molecule has 0 aromatic carbocycles. The minimum Gasteiger partial charge on any atom is -0.352 e. The highest BCUT2D eigenvalue weighted by atomic mass is 16.2. The summed E-state index contributed by atoms with van der Waals surface area (Å²) in [7, 11) is 0. The van der Waals surface area contributed by atoms with Crippen LogP contribution < -0.4 is 10.6 Å². The predicted molar refractivity (Wildman–Crippen MR) is 90.5 cm³/mol. The molecule has 0 heterocycles. The zero-order chi connectivity index (χ0) is 15.3. The van der Waals surface area contributed by atoms with Gasteiger partial charge in [0.2, 0.25) is 5.91 Å². The van der Waals surface area contributed by atoms with Crippen LogP contribution in [-0.2, 0) is 4.79 Å². The fourth-order valence-corrected chi connectivity index (χ4v) is 3.07. The minimum absolute atomic E-state index is 0.0462. The maximum absolute atomic E-state index is 12.0. The molecule has 0 aromatic heterocycles. The Kier molecular flexibility index (Phi) is 10.6. The lowest BCUT2D eigenvalue weighted by molar-refractivity contribution is -0.123. The number of unbranched alkanes of at least 4 members (excludes halogenated alkanes) is 7. The Bertz CT molecular complexity index is 262. The third-order valence-electron chi connectivity index (χ3n) is 4.58. The van der Waals surface area contributed by atoms with Crippen LogP contribution in [0.3, 0.4) is 0 Å². The third kappa shape index (κ3) is 9.13. The molecule has 1 aliphatic rings. The molecular formula is C18H36N2O. The van der Waals surface area contributed by atoms with Crippen molar-refractivity contribution < 1.29 is 4.79 Å². The lowest BCUT2D eigenvalue weighted by atomic mass is 10.1. The molecule has 0 spiro atoms. The van der Waals surface area contributed by atoms with Gasteiger partial charge in [-0.25, -0.2) is 0 Å². The van der Waals surface area contributed by atoms with Crippen LogP contribution in [0.25, 0.3) is 0 Å². The van der Waals surface area contributed by atoms with Crippen molar-refractivity contribution in [2.75, 3.05) is 6.54 Å². The summed E-state index contributed by atoms with van der Waals surface area (Å²) in [6.45, 7) is 5.21. The van der Waals surface area contributed by atoms with E-state index in [9.17, 15) is 4.79 Å². The summed E-state index contributed by atoms with van der Waals surface area (Å²) in [6.07, 6.45) is 15.5. The normalized spacial score (nSPS) is 17.0. The van der Waals surface area contributed by atoms with E-state index >= 15 is 0 Å². The molecule has 0 saturated heterocycles. The Morgan fingerprint density at radius 3 is 2.19 bits per heavy atom. The van der Waals surface area contributed by atoms with E-state index < -0.39 is 0 Å². The van der Waals surface area contributed by atoms with Gasteiger partial charge in [-0.2, -0.15) is 0 Å². The summed E-state index contributed by atoms with van der Waals surface area (Å²) >= 11 is 0. The van der Waals surface area contributed by atoms with Gasteiger partial charge in [0.1, 0.15) is 0 Å². The Hall–Kier alpha value is -0.570. The van der Waals surface area contributed by atoms with Crippen molar-refractivity contribution in [3.63, 3.8) is 0 Å². The van der Waals surface area contributed by atoms with Crippen molar-refractivity contribution in [1.29, 1.82) is 0 Å². The maximum Gasteiger partial charge on any atom is 0.237 e. The van der Waals surface area contributed by atoms with E-state index in [2.05, 4.69) is 17.6 Å². The summed E-state index contributed by atoms with van der Waals surface area (Å²) in [5.41, 5.74) is 0. The number of hydrogen-bond acceptors (Lipinski definition) is 2. The average Bonchev–Trinajstić information content (AvgIpc) is 2.98. The molecular weight excluding hydrogens is 260 g/mol. The molecule has 124 valence electrons. The van der Waals surface area contributed by atoms with Gasteiger partial charge in [0.05, 0.1) is 6.04 Å². The molecule has 0 aromatic rings. The van der Waals surface area contributed by atoms with Crippen LogP contribution in [0.1, 0.15) is 90.9 Å². The summed E-state index contributed by atoms with van der Waals surface area (Å²) in [4.78, 5) is 12.0. The summed E-state index contributed by atoms with van der Waals surface area (Å²) in [6, 6.07) is 0.389. The zero-order valence-electron chi connectivity index (χ0n) is 14.3.